The van der Waals surface area contributed by atoms with Crippen molar-refractivity contribution < 1.29 is 14.3 Å². The van der Waals surface area contributed by atoms with E-state index in [-0.39, 0.29) is 5.78 Å². The van der Waals surface area contributed by atoms with Gasteiger partial charge in [0.05, 0.1) is 21.4 Å². The molecule has 1 aliphatic heterocycles. The number of nitrogens with zero attached hydrogens (tertiary/aromatic N) is 1. The average molecular weight is 531 g/mol. The van der Waals surface area contributed by atoms with E-state index in [1.165, 1.54) is 38.5 Å². The molecule has 0 fully saturated rings. The van der Waals surface area contributed by atoms with Crippen LogP contribution in [-0.2, 0) is 4.74 Å². The summed E-state index contributed by atoms with van der Waals surface area (Å²) in [5.41, 5.74) is 2.71. The van der Waals surface area contributed by atoms with E-state index in [0.29, 0.717) is 28.5 Å². The minimum Gasteiger partial charge on any atom is -0.460 e. The van der Waals surface area contributed by atoms with Crippen molar-refractivity contribution in [1.82, 2.24) is 4.98 Å². The number of fused-ring (bicyclic) bond motifs is 2. The number of carbonyl (C=O) groups excluding carboxylic acids is 1. The second-order valence-corrected chi connectivity index (χ2v) is 11.2. The second-order valence-electron chi connectivity index (χ2n) is 8.40. The Morgan fingerprint density at radius 1 is 1.14 bits per heavy atom. The number of ketones is 1. The number of aromatic nitrogens is 1. The van der Waals surface area contributed by atoms with Crippen molar-refractivity contribution in [2.45, 2.75) is 63.0 Å². The number of carbonyl (C=O) groups is 1. The fraction of sp³-hybridized carbons (Fsp3) is 0.407. The first kappa shape index (κ1) is 26.0. The Hall–Kier alpha value is -2.06. The second kappa shape index (κ2) is 12.8. The summed E-state index contributed by atoms with van der Waals surface area (Å²) in [5, 5.41) is 3.74. The van der Waals surface area contributed by atoms with Gasteiger partial charge in [-0.1, -0.05) is 62.4 Å². The number of benzene rings is 2. The molecule has 35 heavy (non-hydrogen) atoms. The molecule has 0 bridgehead atoms. The lowest BCUT2D eigenvalue weighted by atomic mass is 10.00. The van der Waals surface area contributed by atoms with Crippen molar-refractivity contribution in [1.29, 1.82) is 0 Å². The van der Waals surface area contributed by atoms with Crippen LogP contribution in [0, 0.1) is 0 Å². The van der Waals surface area contributed by atoms with Gasteiger partial charge < -0.3 is 14.8 Å². The van der Waals surface area contributed by atoms with Gasteiger partial charge in [0.15, 0.2) is 4.34 Å². The molecule has 0 amide bonds. The van der Waals surface area contributed by atoms with Crippen LogP contribution in [0.1, 0.15) is 62.7 Å². The van der Waals surface area contributed by atoms with Gasteiger partial charge in [-0.3, -0.25) is 4.79 Å². The molecular weight excluding hydrogens is 500 g/mol. The largest absolute Gasteiger partial charge is 0.460 e. The maximum Gasteiger partial charge on any atom is 0.232 e. The van der Waals surface area contributed by atoms with Crippen LogP contribution in [0.5, 0.6) is 5.75 Å². The summed E-state index contributed by atoms with van der Waals surface area (Å²) in [6, 6.07) is 11.1. The smallest absolute Gasteiger partial charge is 0.232 e. The first-order valence-corrected chi connectivity index (χ1v) is 14.4. The highest BCUT2D eigenvalue weighted by Gasteiger charge is 2.32. The molecule has 1 N–H and O–H groups in total. The number of unbranched alkanes of at least 4 members (excludes halogenated alkanes) is 5. The molecule has 3 aromatic rings. The third-order valence-electron chi connectivity index (χ3n) is 5.74. The van der Waals surface area contributed by atoms with Crippen LogP contribution < -0.4 is 10.1 Å². The molecule has 0 spiro atoms. The zero-order valence-corrected chi connectivity index (χ0v) is 22.5. The van der Waals surface area contributed by atoms with Crippen molar-refractivity contribution in [2.75, 3.05) is 17.7 Å². The number of ether oxygens (including phenoxy) is 2. The Balaban J connectivity index is 1.42. The molecule has 0 saturated heterocycles. The number of thiazole rings is 1. The Morgan fingerprint density at radius 2 is 1.97 bits per heavy atom. The minimum atomic E-state index is -0.772. The summed E-state index contributed by atoms with van der Waals surface area (Å²) < 4.78 is 13.8. The number of Topliss-reactive ketones (excluding diaryl/α,β-unsaturated/α-hetero) is 1. The lowest BCUT2D eigenvalue weighted by Gasteiger charge is -2.27. The predicted octanol–water partition coefficient (Wildman–Crippen LogP) is 8.34. The first-order valence-electron chi connectivity index (χ1n) is 12.2. The highest BCUT2D eigenvalue weighted by molar-refractivity contribution is 8.01. The maximum atomic E-state index is 13.2. The third kappa shape index (κ3) is 6.79. The number of hydrogen-bond acceptors (Lipinski definition) is 7. The van der Waals surface area contributed by atoms with Crippen LogP contribution in [-0.4, -0.2) is 29.4 Å². The first-order chi connectivity index (χ1) is 17.1. The lowest BCUT2D eigenvalue weighted by molar-refractivity contribution is -0.0509. The number of nitrogens with one attached hydrogen (secondary N) is 1. The topological polar surface area (TPSA) is 60.5 Å². The van der Waals surface area contributed by atoms with E-state index in [1.807, 2.05) is 30.8 Å². The van der Waals surface area contributed by atoms with E-state index >= 15 is 0 Å². The molecule has 0 aliphatic carbocycles. The monoisotopic (exact) mass is 530 g/mol. The van der Waals surface area contributed by atoms with E-state index in [1.54, 1.807) is 35.7 Å². The maximum absolute atomic E-state index is 13.2. The molecular formula is C27H31ClN2O3S2. The van der Waals surface area contributed by atoms with Gasteiger partial charge >= 0.3 is 0 Å². The van der Waals surface area contributed by atoms with Crippen molar-refractivity contribution in [3.8, 4) is 5.75 Å². The van der Waals surface area contributed by atoms with Gasteiger partial charge in [0.1, 0.15) is 5.75 Å². The van der Waals surface area contributed by atoms with Crippen molar-refractivity contribution in [3.05, 3.63) is 58.8 Å². The molecule has 0 saturated carbocycles. The molecule has 1 aliphatic rings. The lowest BCUT2D eigenvalue weighted by Crippen LogP contribution is -2.33. The summed E-state index contributed by atoms with van der Waals surface area (Å²) in [6.45, 7) is 4.54. The standard InChI is InChI=1S/C27H31ClN2O3S2/c1-3-5-6-7-8-9-14-34-27-30-22-12-11-19(16-24(22)35-27)29-17-21-25(31)20-15-18(28)10-13-23(20)33-26(21)32-4-2/h10-13,15-17,26,29H,3-9,14H2,1-2H3/b21-17-/t26-/m1/s1. The summed E-state index contributed by atoms with van der Waals surface area (Å²) in [4.78, 5) is 17.9. The molecule has 1 aromatic heterocycles. The molecule has 4 rings (SSSR count). The van der Waals surface area contributed by atoms with E-state index in [4.69, 9.17) is 26.1 Å². The summed E-state index contributed by atoms with van der Waals surface area (Å²) >= 11 is 9.65. The number of thioether (sulfide) groups is 1. The van der Waals surface area contributed by atoms with E-state index < -0.39 is 6.29 Å². The minimum absolute atomic E-state index is 0.160. The molecule has 2 heterocycles. The summed E-state index contributed by atoms with van der Waals surface area (Å²) in [6.07, 6.45) is 8.72. The van der Waals surface area contributed by atoms with Gasteiger partial charge in [-0.15, -0.1) is 11.3 Å². The van der Waals surface area contributed by atoms with E-state index in [9.17, 15) is 4.79 Å². The van der Waals surface area contributed by atoms with Gasteiger partial charge in [0.2, 0.25) is 12.1 Å². The van der Waals surface area contributed by atoms with Crippen molar-refractivity contribution in [3.63, 3.8) is 0 Å². The van der Waals surface area contributed by atoms with Crippen LogP contribution >= 0.6 is 34.7 Å². The molecule has 2 aromatic carbocycles. The normalized spacial score (nSPS) is 16.5. The van der Waals surface area contributed by atoms with E-state index in [2.05, 4.69) is 18.3 Å². The highest BCUT2D eigenvalue weighted by atomic mass is 35.5. The fourth-order valence-corrected chi connectivity index (χ4v) is 6.24. The average Bonchev–Trinajstić information content (AvgIpc) is 3.26. The van der Waals surface area contributed by atoms with Crippen LogP contribution in [0.25, 0.3) is 10.2 Å². The number of anilines is 1. The number of halogens is 1. The van der Waals surface area contributed by atoms with Gasteiger partial charge in [-0.05, 0) is 49.7 Å². The molecule has 0 unspecified atom stereocenters. The van der Waals surface area contributed by atoms with Gasteiger partial charge in [0, 0.05) is 29.3 Å². The van der Waals surface area contributed by atoms with Crippen LogP contribution in [0.15, 0.2) is 52.5 Å². The predicted molar refractivity (Wildman–Crippen MR) is 147 cm³/mol. The molecule has 186 valence electrons. The zero-order chi connectivity index (χ0) is 24.6. The summed E-state index contributed by atoms with van der Waals surface area (Å²) in [7, 11) is 0. The summed E-state index contributed by atoms with van der Waals surface area (Å²) in [5.74, 6) is 1.43. The van der Waals surface area contributed by atoms with Crippen molar-refractivity contribution in [2.24, 2.45) is 0 Å². The molecule has 8 heteroatoms. The quantitative estimate of drug-likeness (QED) is 0.144. The Bertz CT molecular complexity index is 1190. The Labute approximate surface area is 220 Å². The van der Waals surface area contributed by atoms with Crippen LogP contribution in [0.3, 0.4) is 0 Å². The van der Waals surface area contributed by atoms with Gasteiger partial charge in [-0.25, -0.2) is 4.98 Å². The molecule has 1 atom stereocenters. The number of hydrogen-bond donors (Lipinski definition) is 1. The van der Waals surface area contributed by atoms with Crippen LogP contribution in [0.2, 0.25) is 5.02 Å². The highest BCUT2D eigenvalue weighted by Crippen LogP contribution is 2.34. The van der Waals surface area contributed by atoms with Crippen molar-refractivity contribution >= 4 is 56.4 Å². The molecule has 0 radical (unpaired) electrons. The van der Waals surface area contributed by atoms with Gasteiger partial charge in [0.25, 0.3) is 0 Å². The Kier molecular flexibility index (Phi) is 9.49. The third-order valence-corrected chi connectivity index (χ3v) is 8.22. The Morgan fingerprint density at radius 3 is 2.80 bits per heavy atom. The van der Waals surface area contributed by atoms with Crippen LogP contribution in [0.4, 0.5) is 5.69 Å². The fourth-order valence-electron chi connectivity index (χ4n) is 3.89. The molecule has 5 nitrogen and oxygen atoms in total. The van der Waals surface area contributed by atoms with E-state index in [0.717, 1.165) is 26.0 Å². The number of rotatable bonds is 12. The SMILES string of the molecule is CCCCCCCCSc1nc2ccc(N/C=C3/C(=O)c4cc(Cl)ccc4O[C@H]3OCC)cc2s1. The zero-order valence-electron chi connectivity index (χ0n) is 20.1. The van der Waals surface area contributed by atoms with Gasteiger partial charge in [-0.2, -0.15) is 0 Å².